The zero-order chi connectivity index (χ0) is 16.7. The minimum atomic E-state index is -0.216. The average molecular weight is 321 g/mol. The van der Waals surface area contributed by atoms with Crippen LogP contribution in [-0.4, -0.2) is 25.7 Å². The van der Waals surface area contributed by atoms with Crippen LogP contribution in [0.4, 0.5) is 5.69 Å². The molecule has 1 amide bonds. The molecular weight excluding hydrogens is 302 g/mol. The molecule has 0 atom stereocenters. The van der Waals surface area contributed by atoms with Gasteiger partial charge < -0.3 is 5.32 Å². The second kappa shape index (κ2) is 5.40. The number of carbonyl (C=O) groups is 1. The highest BCUT2D eigenvalue weighted by Gasteiger charge is 2.39. The molecule has 0 spiro atoms. The van der Waals surface area contributed by atoms with E-state index in [0.717, 1.165) is 47.7 Å². The summed E-state index contributed by atoms with van der Waals surface area (Å²) in [7, 11) is 0. The van der Waals surface area contributed by atoms with Gasteiger partial charge in [-0.15, -0.1) is 10.2 Å². The maximum absolute atomic E-state index is 12.4. The first kappa shape index (κ1) is 14.8. The van der Waals surface area contributed by atoms with Crippen LogP contribution in [0.5, 0.6) is 0 Å². The highest BCUT2D eigenvalue weighted by Crippen LogP contribution is 2.41. The standard InChI is InChI=1S/C18H19N5O/c1-12-20-21-16-8-7-15(22-23(12)16)13-5-3-6-14(11-13)19-17(24)18(2)9-4-10-18/h3,5-8,11H,4,9-10H2,1-2H3,(H,19,24). The number of aromatic nitrogens is 4. The van der Waals surface area contributed by atoms with E-state index >= 15 is 0 Å². The third kappa shape index (κ3) is 2.44. The first-order chi connectivity index (χ1) is 11.5. The number of fused-ring (bicyclic) bond motifs is 1. The van der Waals surface area contributed by atoms with Crippen LogP contribution in [0.2, 0.25) is 0 Å². The highest BCUT2D eigenvalue weighted by molar-refractivity contribution is 5.96. The van der Waals surface area contributed by atoms with Crippen molar-refractivity contribution in [1.29, 1.82) is 0 Å². The number of nitrogens with one attached hydrogen (secondary N) is 1. The van der Waals surface area contributed by atoms with Crippen LogP contribution in [0.1, 0.15) is 32.0 Å². The van der Waals surface area contributed by atoms with Crippen molar-refractivity contribution in [2.45, 2.75) is 33.1 Å². The Kier molecular flexibility index (Phi) is 3.33. The van der Waals surface area contributed by atoms with Gasteiger partial charge in [-0.3, -0.25) is 4.79 Å². The number of aryl methyl sites for hydroxylation is 1. The molecule has 122 valence electrons. The second-order valence-electron chi connectivity index (χ2n) is 6.68. The van der Waals surface area contributed by atoms with E-state index in [1.165, 1.54) is 0 Å². The Labute approximate surface area is 139 Å². The molecule has 6 nitrogen and oxygen atoms in total. The van der Waals surface area contributed by atoms with E-state index in [9.17, 15) is 4.79 Å². The lowest BCUT2D eigenvalue weighted by atomic mass is 9.70. The Morgan fingerprint density at radius 2 is 2.04 bits per heavy atom. The first-order valence-electron chi connectivity index (χ1n) is 8.16. The third-order valence-corrected chi connectivity index (χ3v) is 4.84. The number of hydrogen-bond acceptors (Lipinski definition) is 4. The Hall–Kier alpha value is -2.76. The Morgan fingerprint density at radius 3 is 2.79 bits per heavy atom. The molecule has 3 aromatic rings. The summed E-state index contributed by atoms with van der Waals surface area (Å²) in [5.41, 5.74) is 3.07. The number of nitrogens with zero attached hydrogens (tertiary/aromatic N) is 4. The van der Waals surface area contributed by atoms with Gasteiger partial charge in [0, 0.05) is 16.7 Å². The van der Waals surface area contributed by atoms with E-state index in [4.69, 9.17) is 0 Å². The topological polar surface area (TPSA) is 72.2 Å². The summed E-state index contributed by atoms with van der Waals surface area (Å²) in [4.78, 5) is 12.4. The lowest BCUT2D eigenvalue weighted by molar-refractivity contribution is -0.128. The molecule has 4 rings (SSSR count). The van der Waals surface area contributed by atoms with Gasteiger partial charge in [-0.2, -0.15) is 9.61 Å². The van der Waals surface area contributed by atoms with Gasteiger partial charge in [0.25, 0.3) is 0 Å². The van der Waals surface area contributed by atoms with Crippen molar-refractivity contribution < 1.29 is 4.79 Å². The SMILES string of the molecule is Cc1nnc2ccc(-c3cccc(NC(=O)C4(C)CCC4)c3)nn12. The third-order valence-electron chi connectivity index (χ3n) is 4.84. The lowest BCUT2D eigenvalue weighted by Gasteiger charge is -2.36. The van der Waals surface area contributed by atoms with Gasteiger partial charge in [0.15, 0.2) is 11.5 Å². The summed E-state index contributed by atoms with van der Waals surface area (Å²) in [6.45, 7) is 3.90. The van der Waals surface area contributed by atoms with Gasteiger partial charge in [-0.25, -0.2) is 0 Å². The molecule has 0 radical (unpaired) electrons. The number of amides is 1. The van der Waals surface area contributed by atoms with Gasteiger partial charge in [0.2, 0.25) is 5.91 Å². The predicted octanol–water partition coefficient (Wildman–Crippen LogP) is 3.23. The van der Waals surface area contributed by atoms with E-state index in [0.29, 0.717) is 0 Å². The van der Waals surface area contributed by atoms with Crippen LogP contribution in [0.15, 0.2) is 36.4 Å². The molecule has 6 heteroatoms. The van der Waals surface area contributed by atoms with Gasteiger partial charge in [-0.05, 0) is 44.0 Å². The molecule has 0 unspecified atom stereocenters. The van der Waals surface area contributed by atoms with Crippen LogP contribution in [-0.2, 0) is 4.79 Å². The summed E-state index contributed by atoms with van der Waals surface area (Å²) < 4.78 is 1.72. The Balaban J connectivity index is 1.63. The Morgan fingerprint density at radius 1 is 1.21 bits per heavy atom. The molecular formula is C18H19N5O. The van der Waals surface area contributed by atoms with Crippen LogP contribution < -0.4 is 5.32 Å². The largest absolute Gasteiger partial charge is 0.326 e. The van der Waals surface area contributed by atoms with Gasteiger partial charge in [0.1, 0.15) is 0 Å². The summed E-state index contributed by atoms with van der Waals surface area (Å²) in [5, 5.41) is 15.7. The number of carbonyl (C=O) groups excluding carboxylic acids is 1. The number of anilines is 1. The first-order valence-corrected chi connectivity index (χ1v) is 8.16. The Bertz CT molecular complexity index is 926. The van der Waals surface area contributed by atoms with Gasteiger partial charge in [-0.1, -0.05) is 25.5 Å². The predicted molar refractivity (Wildman–Crippen MR) is 91.5 cm³/mol. The fourth-order valence-electron chi connectivity index (χ4n) is 3.02. The molecule has 0 aliphatic heterocycles. The molecule has 0 saturated heterocycles. The number of rotatable bonds is 3. The van der Waals surface area contributed by atoms with E-state index < -0.39 is 0 Å². The normalized spacial score (nSPS) is 15.9. The average Bonchev–Trinajstić information content (AvgIpc) is 2.93. The molecule has 2 heterocycles. The zero-order valence-electron chi connectivity index (χ0n) is 13.8. The maximum atomic E-state index is 12.4. The minimum Gasteiger partial charge on any atom is -0.326 e. The minimum absolute atomic E-state index is 0.101. The second-order valence-corrected chi connectivity index (χ2v) is 6.68. The quantitative estimate of drug-likeness (QED) is 0.804. The van der Waals surface area contributed by atoms with E-state index in [-0.39, 0.29) is 11.3 Å². The molecule has 1 aromatic carbocycles. The van der Waals surface area contributed by atoms with Crippen LogP contribution in [0.3, 0.4) is 0 Å². The van der Waals surface area contributed by atoms with Crippen molar-refractivity contribution in [2.75, 3.05) is 5.32 Å². The highest BCUT2D eigenvalue weighted by atomic mass is 16.2. The van der Waals surface area contributed by atoms with Crippen LogP contribution >= 0.6 is 0 Å². The monoisotopic (exact) mass is 321 g/mol. The zero-order valence-corrected chi connectivity index (χ0v) is 13.8. The molecule has 1 aliphatic rings. The lowest BCUT2D eigenvalue weighted by Crippen LogP contribution is -2.39. The van der Waals surface area contributed by atoms with E-state index in [2.05, 4.69) is 20.6 Å². The number of hydrogen-bond donors (Lipinski definition) is 1. The maximum Gasteiger partial charge on any atom is 0.230 e. The molecule has 1 saturated carbocycles. The molecule has 1 fully saturated rings. The van der Waals surface area contributed by atoms with E-state index in [1.54, 1.807) is 4.52 Å². The van der Waals surface area contributed by atoms with Crippen LogP contribution in [0, 0.1) is 12.3 Å². The molecule has 2 aromatic heterocycles. The summed E-state index contributed by atoms with van der Waals surface area (Å²) in [6, 6.07) is 11.6. The smallest absolute Gasteiger partial charge is 0.230 e. The van der Waals surface area contributed by atoms with E-state index in [1.807, 2.05) is 50.2 Å². The van der Waals surface area contributed by atoms with Crippen molar-refractivity contribution in [3.63, 3.8) is 0 Å². The molecule has 1 aliphatic carbocycles. The van der Waals surface area contributed by atoms with Crippen LogP contribution in [0.25, 0.3) is 16.9 Å². The molecule has 1 N–H and O–H groups in total. The van der Waals surface area contributed by atoms with Gasteiger partial charge in [0.05, 0.1) is 5.69 Å². The fourth-order valence-corrected chi connectivity index (χ4v) is 3.02. The summed E-state index contributed by atoms with van der Waals surface area (Å²) in [6.07, 6.45) is 3.06. The summed E-state index contributed by atoms with van der Waals surface area (Å²) in [5.74, 6) is 0.846. The van der Waals surface area contributed by atoms with Crippen molar-refractivity contribution in [3.8, 4) is 11.3 Å². The fraction of sp³-hybridized carbons (Fsp3) is 0.333. The van der Waals surface area contributed by atoms with Gasteiger partial charge >= 0.3 is 0 Å². The van der Waals surface area contributed by atoms with Crippen molar-refractivity contribution in [1.82, 2.24) is 19.8 Å². The molecule has 24 heavy (non-hydrogen) atoms. The van der Waals surface area contributed by atoms with Crippen molar-refractivity contribution in [3.05, 3.63) is 42.2 Å². The van der Waals surface area contributed by atoms with Crippen molar-refractivity contribution >= 4 is 17.2 Å². The summed E-state index contributed by atoms with van der Waals surface area (Å²) >= 11 is 0. The number of benzene rings is 1. The van der Waals surface area contributed by atoms with Crippen molar-refractivity contribution in [2.24, 2.45) is 5.41 Å². The molecule has 0 bridgehead atoms.